The molecular weight excluding hydrogens is 294 g/mol. The predicted molar refractivity (Wildman–Crippen MR) is 86.4 cm³/mol. The van der Waals surface area contributed by atoms with Crippen LogP contribution in [0.1, 0.15) is 21.8 Å². The summed E-state index contributed by atoms with van der Waals surface area (Å²) >= 11 is 0. The number of carbonyl (C=O) groups is 1. The molecular formula is C17H15N3O3. The number of rotatable bonds is 3. The van der Waals surface area contributed by atoms with Gasteiger partial charge < -0.3 is 14.7 Å². The number of anilines is 1. The highest BCUT2D eigenvalue weighted by atomic mass is 16.3. The summed E-state index contributed by atoms with van der Waals surface area (Å²) in [4.78, 5) is 30.5. The number of furan rings is 1. The van der Waals surface area contributed by atoms with Crippen LogP contribution in [0.4, 0.5) is 5.69 Å². The second kappa shape index (κ2) is 5.92. The Morgan fingerprint density at radius 3 is 2.52 bits per heavy atom. The van der Waals surface area contributed by atoms with Crippen LogP contribution in [0.3, 0.4) is 0 Å². The highest BCUT2D eigenvalue weighted by Crippen LogP contribution is 2.18. The van der Waals surface area contributed by atoms with E-state index in [-0.39, 0.29) is 11.5 Å². The largest absolute Gasteiger partial charge is 0.459 e. The molecule has 0 bridgehead atoms. The van der Waals surface area contributed by atoms with Crippen molar-refractivity contribution >= 4 is 11.6 Å². The fraction of sp³-hybridized carbons (Fsp3) is 0.118. The van der Waals surface area contributed by atoms with E-state index in [1.54, 1.807) is 44.2 Å². The predicted octanol–water partition coefficient (Wildman–Crippen LogP) is 2.90. The van der Waals surface area contributed by atoms with Crippen LogP contribution in [0.2, 0.25) is 0 Å². The summed E-state index contributed by atoms with van der Waals surface area (Å²) in [5.41, 5.74) is 2.62. The molecule has 1 aromatic carbocycles. The van der Waals surface area contributed by atoms with E-state index in [0.29, 0.717) is 23.0 Å². The van der Waals surface area contributed by atoms with Crippen molar-refractivity contribution in [3.8, 4) is 11.4 Å². The van der Waals surface area contributed by atoms with Crippen LogP contribution < -0.4 is 10.9 Å². The van der Waals surface area contributed by atoms with Gasteiger partial charge in [-0.2, -0.15) is 0 Å². The first-order chi connectivity index (χ1) is 11.0. The van der Waals surface area contributed by atoms with Gasteiger partial charge in [-0.15, -0.1) is 0 Å². The van der Waals surface area contributed by atoms with Gasteiger partial charge in [0.15, 0.2) is 5.76 Å². The Morgan fingerprint density at radius 1 is 1.17 bits per heavy atom. The van der Waals surface area contributed by atoms with E-state index >= 15 is 0 Å². The lowest BCUT2D eigenvalue weighted by molar-refractivity contribution is 0.0996. The molecule has 0 aliphatic carbocycles. The number of aromatic nitrogens is 2. The molecule has 1 amide bonds. The smallest absolute Gasteiger partial charge is 0.291 e. The minimum atomic E-state index is -0.303. The molecule has 3 aromatic rings. The summed E-state index contributed by atoms with van der Waals surface area (Å²) in [6.07, 6.45) is 1.48. The number of H-pyrrole nitrogens is 1. The van der Waals surface area contributed by atoms with Crippen LogP contribution in [0, 0.1) is 13.8 Å². The normalized spacial score (nSPS) is 10.5. The Bertz CT molecular complexity index is 907. The Balaban J connectivity index is 1.81. The Labute approximate surface area is 132 Å². The molecule has 23 heavy (non-hydrogen) atoms. The monoisotopic (exact) mass is 309 g/mol. The Morgan fingerprint density at radius 2 is 1.91 bits per heavy atom. The van der Waals surface area contributed by atoms with Gasteiger partial charge in [0.2, 0.25) is 0 Å². The number of aryl methyl sites for hydroxylation is 2. The van der Waals surface area contributed by atoms with Gasteiger partial charge in [0.1, 0.15) is 5.82 Å². The first-order valence-electron chi connectivity index (χ1n) is 7.07. The van der Waals surface area contributed by atoms with Crippen LogP contribution in [0.15, 0.2) is 51.9 Å². The maximum Gasteiger partial charge on any atom is 0.291 e. The molecule has 0 fully saturated rings. The number of hydrogen-bond donors (Lipinski definition) is 2. The number of amides is 1. The zero-order valence-electron chi connectivity index (χ0n) is 12.7. The molecule has 2 N–H and O–H groups in total. The number of hydrogen-bond acceptors (Lipinski definition) is 4. The molecule has 0 unspecified atom stereocenters. The molecule has 2 aromatic heterocycles. The lowest BCUT2D eigenvalue weighted by Gasteiger charge is -2.06. The summed E-state index contributed by atoms with van der Waals surface area (Å²) < 4.78 is 5.16. The third kappa shape index (κ3) is 3.21. The van der Waals surface area contributed by atoms with Crippen LogP contribution >= 0.6 is 0 Å². The summed E-state index contributed by atoms with van der Waals surface area (Å²) in [7, 11) is 0. The highest BCUT2D eigenvalue weighted by Gasteiger charge is 2.12. The van der Waals surface area contributed by atoms with Crippen LogP contribution in [0.25, 0.3) is 11.4 Å². The number of nitrogens with one attached hydrogen (secondary N) is 2. The Hall–Kier alpha value is -3.15. The van der Waals surface area contributed by atoms with Crippen molar-refractivity contribution in [3.05, 3.63) is 70.0 Å². The van der Waals surface area contributed by atoms with Crippen molar-refractivity contribution in [2.24, 2.45) is 0 Å². The average Bonchev–Trinajstić information content (AvgIpc) is 2.93. The van der Waals surface area contributed by atoms with Gasteiger partial charge in [0.05, 0.1) is 6.26 Å². The standard InChI is InChI=1S/C17H15N3O3/c1-10-7-8-23-15(10)17(22)19-13-5-3-12(4-6-13)16-18-11(2)9-14(21)20-16/h3-9H,1-2H3,(H,19,22)(H,18,20,21). The maximum atomic E-state index is 12.1. The zero-order valence-corrected chi connectivity index (χ0v) is 12.7. The molecule has 0 saturated heterocycles. The van der Waals surface area contributed by atoms with Crippen molar-refractivity contribution < 1.29 is 9.21 Å². The third-order valence-corrected chi connectivity index (χ3v) is 3.35. The topological polar surface area (TPSA) is 88.0 Å². The van der Waals surface area contributed by atoms with Gasteiger partial charge >= 0.3 is 0 Å². The molecule has 0 radical (unpaired) electrons. The quantitative estimate of drug-likeness (QED) is 0.778. The van der Waals surface area contributed by atoms with Gasteiger partial charge in [-0.25, -0.2) is 4.98 Å². The fourth-order valence-electron chi connectivity index (χ4n) is 2.22. The molecule has 0 spiro atoms. The average molecular weight is 309 g/mol. The second-order valence-corrected chi connectivity index (χ2v) is 5.20. The van der Waals surface area contributed by atoms with E-state index < -0.39 is 0 Å². The van der Waals surface area contributed by atoms with Crippen LogP contribution in [0.5, 0.6) is 0 Å². The van der Waals surface area contributed by atoms with Gasteiger partial charge in [0, 0.05) is 28.6 Å². The minimum absolute atomic E-state index is 0.196. The van der Waals surface area contributed by atoms with Crippen molar-refractivity contribution in [2.45, 2.75) is 13.8 Å². The summed E-state index contributed by atoms with van der Waals surface area (Å²) in [5, 5.41) is 2.76. The maximum absolute atomic E-state index is 12.1. The molecule has 3 rings (SSSR count). The minimum Gasteiger partial charge on any atom is -0.459 e. The van der Waals surface area contributed by atoms with Crippen molar-refractivity contribution in [1.29, 1.82) is 0 Å². The van der Waals surface area contributed by atoms with E-state index in [9.17, 15) is 9.59 Å². The molecule has 2 heterocycles. The molecule has 0 saturated carbocycles. The van der Waals surface area contributed by atoms with Crippen molar-refractivity contribution in [2.75, 3.05) is 5.32 Å². The molecule has 0 atom stereocenters. The molecule has 6 nitrogen and oxygen atoms in total. The van der Waals surface area contributed by atoms with E-state index in [1.807, 2.05) is 0 Å². The molecule has 6 heteroatoms. The highest BCUT2D eigenvalue weighted by molar-refractivity contribution is 6.03. The van der Waals surface area contributed by atoms with Gasteiger partial charge in [0.25, 0.3) is 11.5 Å². The van der Waals surface area contributed by atoms with E-state index in [2.05, 4.69) is 15.3 Å². The Kier molecular flexibility index (Phi) is 3.80. The number of benzene rings is 1. The fourth-order valence-corrected chi connectivity index (χ4v) is 2.22. The SMILES string of the molecule is Cc1cc(=O)[nH]c(-c2ccc(NC(=O)c3occc3C)cc2)n1. The van der Waals surface area contributed by atoms with Crippen molar-refractivity contribution in [1.82, 2.24) is 9.97 Å². The summed E-state index contributed by atoms with van der Waals surface area (Å²) in [6, 6.07) is 10.2. The lowest BCUT2D eigenvalue weighted by Crippen LogP contribution is -2.12. The number of aromatic amines is 1. The third-order valence-electron chi connectivity index (χ3n) is 3.35. The summed E-state index contributed by atoms with van der Waals surface area (Å²) in [6.45, 7) is 3.57. The first-order valence-corrected chi connectivity index (χ1v) is 7.07. The van der Waals surface area contributed by atoms with E-state index in [4.69, 9.17) is 4.42 Å². The van der Waals surface area contributed by atoms with Crippen LogP contribution in [-0.2, 0) is 0 Å². The van der Waals surface area contributed by atoms with Crippen LogP contribution in [-0.4, -0.2) is 15.9 Å². The first kappa shape index (κ1) is 14.8. The molecule has 116 valence electrons. The van der Waals surface area contributed by atoms with E-state index in [0.717, 1.165) is 11.1 Å². The molecule has 0 aliphatic heterocycles. The lowest BCUT2D eigenvalue weighted by atomic mass is 10.2. The number of nitrogens with zero attached hydrogens (tertiary/aromatic N) is 1. The second-order valence-electron chi connectivity index (χ2n) is 5.20. The van der Waals surface area contributed by atoms with Gasteiger partial charge in [-0.3, -0.25) is 9.59 Å². The van der Waals surface area contributed by atoms with E-state index in [1.165, 1.54) is 12.3 Å². The van der Waals surface area contributed by atoms with Gasteiger partial charge in [-0.1, -0.05) is 0 Å². The van der Waals surface area contributed by atoms with Crippen molar-refractivity contribution in [3.63, 3.8) is 0 Å². The number of carbonyl (C=O) groups excluding carboxylic acids is 1. The van der Waals surface area contributed by atoms with Gasteiger partial charge in [-0.05, 0) is 44.2 Å². The molecule has 0 aliphatic rings. The zero-order chi connectivity index (χ0) is 16.4. The summed E-state index contributed by atoms with van der Waals surface area (Å²) in [5.74, 6) is 0.482.